The Bertz CT molecular complexity index is 663. The average molecular weight is 276 g/mol. The third kappa shape index (κ3) is 2.22. The molecule has 20 heavy (non-hydrogen) atoms. The van der Waals surface area contributed by atoms with Crippen molar-refractivity contribution in [1.82, 2.24) is 9.88 Å². The molecule has 0 saturated heterocycles. The van der Waals surface area contributed by atoms with Gasteiger partial charge in [0.15, 0.2) is 17.3 Å². The first-order chi connectivity index (χ1) is 9.58. The Balaban J connectivity index is 1.97. The van der Waals surface area contributed by atoms with Gasteiger partial charge in [0.05, 0.1) is 0 Å². The van der Waals surface area contributed by atoms with Crippen LogP contribution >= 0.6 is 0 Å². The molecule has 0 saturated carbocycles. The predicted molar refractivity (Wildman–Crippen MR) is 73.2 cm³/mol. The van der Waals surface area contributed by atoms with E-state index in [1.165, 1.54) is 0 Å². The molecule has 4 nitrogen and oxygen atoms in total. The van der Waals surface area contributed by atoms with Crippen molar-refractivity contribution in [3.05, 3.63) is 28.9 Å². The van der Waals surface area contributed by atoms with E-state index in [1.54, 1.807) is 0 Å². The van der Waals surface area contributed by atoms with E-state index >= 15 is 0 Å². The lowest BCUT2D eigenvalue weighted by Crippen LogP contribution is -2.15. The monoisotopic (exact) mass is 276 g/mol. The highest BCUT2D eigenvalue weighted by Crippen LogP contribution is 2.33. The van der Waals surface area contributed by atoms with Gasteiger partial charge in [0.2, 0.25) is 0 Å². The lowest BCUT2D eigenvalue weighted by Gasteiger charge is -2.05. The molecule has 5 heteroatoms. The van der Waals surface area contributed by atoms with Gasteiger partial charge in [0.25, 0.3) is 0 Å². The smallest absolute Gasteiger partial charge is 0.196 e. The second kappa shape index (κ2) is 4.98. The van der Waals surface area contributed by atoms with Crippen LogP contribution in [0.3, 0.4) is 0 Å². The number of likely N-dealkylation sites (N-methyl/N-ethyl adjacent to an activating group) is 1. The van der Waals surface area contributed by atoms with Crippen LogP contribution in [0.2, 0.25) is 0 Å². The Morgan fingerprint density at radius 2 is 2.30 bits per heavy atom. The van der Waals surface area contributed by atoms with Crippen LogP contribution in [0.1, 0.15) is 17.0 Å². The number of carbonyl (C=O) groups excluding carboxylic acids is 1. The maximum atomic E-state index is 14.4. The molecule has 106 valence electrons. The maximum Gasteiger partial charge on any atom is 0.196 e. The molecule has 0 fully saturated rings. The van der Waals surface area contributed by atoms with Gasteiger partial charge in [-0.2, -0.15) is 0 Å². The summed E-state index contributed by atoms with van der Waals surface area (Å²) in [5, 5.41) is 0. The van der Waals surface area contributed by atoms with E-state index in [-0.39, 0.29) is 17.3 Å². The normalized spacial score (nSPS) is 17.9. The number of aromatic nitrogens is 1. The molecule has 1 aliphatic rings. The molecule has 1 aromatic heterocycles. The van der Waals surface area contributed by atoms with Crippen molar-refractivity contribution in [3.63, 3.8) is 0 Å². The molecule has 0 N–H and O–H groups in total. The third-order valence-corrected chi connectivity index (χ3v) is 3.77. The number of oxazole rings is 1. The molecule has 1 aliphatic carbocycles. The van der Waals surface area contributed by atoms with Crippen LogP contribution in [0.15, 0.2) is 10.5 Å². The first kappa shape index (κ1) is 13.2. The summed E-state index contributed by atoms with van der Waals surface area (Å²) in [5.41, 5.74) is 2.29. The molecule has 0 bridgehead atoms. The van der Waals surface area contributed by atoms with Crippen molar-refractivity contribution in [2.24, 2.45) is 5.92 Å². The average Bonchev–Trinajstić information content (AvgIpc) is 3.00. The molecule has 0 aliphatic heterocycles. The number of nitrogens with zero attached hydrogens (tertiary/aromatic N) is 2. The summed E-state index contributed by atoms with van der Waals surface area (Å²) < 4.78 is 20.0. The molecule has 2 aromatic rings. The van der Waals surface area contributed by atoms with Gasteiger partial charge in [0.1, 0.15) is 11.8 Å². The molecule has 1 aromatic carbocycles. The summed E-state index contributed by atoms with van der Waals surface area (Å²) in [6.07, 6.45) is 2.62. The molecule has 3 rings (SSSR count). The summed E-state index contributed by atoms with van der Waals surface area (Å²) in [6.45, 7) is 0.807. The first-order valence-electron chi connectivity index (χ1n) is 6.78. The van der Waals surface area contributed by atoms with Crippen LogP contribution in [-0.2, 0) is 24.1 Å². The fourth-order valence-electron chi connectivity index (χ4n) is 2.71. The van der Waals surface area contributed by atoms with Crippen molar-refractivity contribution in [3.8, 4) is 0 Å². The van der Waals surface area contributed by atoms with E-state index in [4.69, 9.17) is 4.42 Å². The molecule has 1 heterocycles. The highest BCUT2D eigenvalue weighted by molar-refractivity contribution is 5.77. The molecule has 0 radical (unpaired) electrons. The van der Waals surface area contributed by atoms with E-state index in [9.17, 15) is 9.18 Å². The van der Waals surface area contributed by atoms with Gasteiger partial charge in [-0.15, -0.1) is 0 Å². The van der Waals surface area contributed by atoms with E-state index < -0.39 is 0 Å². The zero-order chi connectivity index (χ0) is 14.3. The Morgan fingerprint density at radius 3 is 3.00 bits per heavy atom. The van der Waals surface area contributed by atoms with E-state index in [1.807, 2.05) is 25.1 Å². The number of hydrogen-bond donors (Lipinski definition) is 0. The minimum Gasteiger partial charge on any atom is -0.438 e. The van der Waals surface area contributed by atoms with Crippen LogP contribution in [0.25, 0.3) is 11.1 Å². The molecule has 0 amide bonds. The highest BCUT2D eigenvalue weighted by Gasteiger charge is 2.27. The van der Waals surface area contributed by atoms with Crippen LogP contribution in [0.4, 0.5) is 4.39 Å². The van der Waals surface area contributed by atoms with Gasteiger partial charge in [-0.3, -0.25) is 0 Å². The number of benzene rings is 1. The first-order valence-corrected chi connectivity index (χ1v) is 6.78. The fraction of sp³-hybridized carbons (Fsp3) is 0.467. The highest BCUT2D eigenvalue weighted by atomic mass is 19.1. The quantitative estimate of drug-likeness (QED) is 0.801. The Morgan fingerprint density at radius 1 is 1.50 bits per heavy atom. The summed E-state index contributed by atoms with van der Waals surface area (Å²) in [6, 6.07) is 1.86. The van der Waals surface area contributed by atoms with Gasteiger partial charge in [-0.05, 0) is 44.1 Å². The number of aldehydes is 1. The number of hydrogen-bond acceptors (Lipinski definition) is 4. The van der Waals surface area contributed by atoms with E-state index in [0.717, 1.165) is 18.4 Å². The standard InChI is InChI=1S/C15H17FN2O2/c1-18(2)4-3-13-17-12-7-10-5-9(8-19)6-11(10)14(16)15(12)20-13/h7-9H,3-6H2,1-2H3. The topological polar surface area (TPSA) is 46.3 Å². The molecular weight excluding hydrogens is 259 g/mol. The van der Waals surface area contributed by atoms with Gasteiger partial charge >= 0.3 is 0 Å². The van der Waals surface area contributed by atoms with Crippen LogP contribution in [0.5, 0.6) is 0 Å². The Labute approximate surface area is 116 Å². The zero-order valence-electron chi connectivity index (χ0n) is 11.6. The Hall–Kier alpha value is -1.75. The number of carbonyl (C=O) groups is 1. The van der Waals surface area contributed by atoms with Crippen molar-refractivity contribution in [2.75, 3.05) is 20.6 Å². The van der Waals surface area contributed by atoms with Gasteiger partial charge in [0, 0.05) is 18.9 Å². The summed E-state index contributed by atoms with van der Waals surface area (Å²) in [5.74, 6) is 0.105. The van der Waals surface area contributed by atoms with Crippen molar-refractivity contribution in [1.29, 1.82) is 0 Å². The predicted octanol–water partition coefficient (Wildman–Crippen LogP) is 1.98. The molecule has 1 atom stereocenters. The second-order valence-electron chi connectivity index (χ2n) is 5.64. The molecule has 0 spiro atoms. The summed E-state index contributed by atoms with van der Waals surface area (Å²) in [7, 11) is 3.94. The third-order valence-electron chi connectivity index (χ3n) is 3.77. The zero-order valence-corrected chi connectivity index (χ0v) is 11.6. The largest absolute Gasteiger partial charge is 0.438 e. The number of fused-ring (bicyclic) bond motifs is 2. The van der Waals surface area contributed by atoms with Gasteiger partial charge in [-0.1, -0.05) is 0 Å². The van der Waals surface area contributed by atoms with E-state index in [0.29, 0.717) is 36.2 Å². The summed E-state index contributed by atoms with van der Waals surface area (Å²) >= 11 is 0. The second-order valence-corrected chi connectivity index (χ2v) is 5.64. The summed E-state index contributed by atoms with van der Waals surface area (Å²) in [4.78, 5) is 17.2. The number of halogens is 1. The minimum absolute atomic E-state index is 0.112. The van der Waals surface area contributed by atoms with Crippen molar-refractivity contribution in [2.45, 2.75) is 19.3 Å². The van der Waals surface area contributed by atoms with Gasteiger partial charge < -0.3 is 14.1 Å². The lowest BCUT2D eigenvalue weighted by atomic mass is 10.1. The molecular formula is C15H17FN2O2. The minimum atomic E-state index is -0.342. The van der Waals surface area contributed by atoms with E-state index in [2.05, 4.69) is 4.98 Å². The number of rotatable bonds is 4. The lowest BCUT2D eigenvalue weighted by molar-refractivity contribution is -0.110. The SMILES string of the molecule is CN(C)CCc1nc2cc3c(c(F)c2o1)CC(C=O)C3. The van der Waals surface area contributed by atoms with Crippen LogP contribution in [-0.4, -0.2) is 36.8 Å². The molecule has 1 unspecified atom stereocenters. The Kier molecular flexibility index (Phi) is 3.30. The van der Waals surface area contributed by atoms with Gasteiger partial charge in [-0.25, -0.2) is 9.37 Å². The van der Waals surface area contributed by atoms with Crippen molar-refractivity contribution >= 4 is 17.4 Å². The fourth-order valence-corrected chi connectivity index (χ4v) is 2.71. The maximum absolute atomic E-state index is 14.4. The van der Waals surface area contributed by atoms with Crippen molar-refractivity contribution < 1.29 is 13.6 Å². The van der Waals surface area contributed by atoms with Crippen LogP contribution in [0, 0.1) is 11.7 Å². The van der Waals surface area contributed by atoms with Crippen LogP contribution < -0.4 is 0 Å².